The largest absolute Gasteiger partial charge is 0.417 e. The summed E-state index contributed by atoms with van der Waals surface area (Å²) in [4.78, 5) is 36.4. The van der Waals surface area contributed by atoms with Gasteiger partial charge in [0.25, 0.3) is 5.56 Å². The number of halogens is 4. The van der Waals surface area contributed by atoms with Crippen LogP contribution in [0.1, 0.15) is 5.56 Å². The molecule has 1 amide bonds. The number of alkyl halides is 3. The molecule has 158 valence electrons. The number of aromatic nitrogens is 3. The average Bonchev–Trinajstić information content (AvgIpc) is 3.19. The Kier molecular flexibility index (Phi) is 5.41. The van der Waals surface area contributed by atoms with Gasteiger partial charge in [0.1, 0.15) is 17.1 Å². The summed E-state index contributed by atoms with van der Waals surface area (Å²) in [5.74, 6) is 0.0151. The van der Waals surface area contributed by atoms with Crippen LogP contribution >= 0.6 is 22.9 Å². The molecular weight excluding hydrogens is 443 g/mol. The number of hydrogen-bond donors (Lipinski definition) is 0. The van der Waals surface area contributed by atoms with Gasteiger partial charge in [-0.1, -0.05) is 11.6 Å². The van der Waals surface area contributed by atoms with Crippen molar-refractivity contribution < 1.29 is 18.0 Å². The predicted octanol–water partition coefficient (Wildman–Crippen LogP) is 2.87. The molecule has 0 atom stereocenters. The minimum atomic E-state index is -4.51. The molecule has 0 N–H and O–H groups in total. The molecule has 4 rings (SSSR count). The average molecular weight is 458 g/mol. The van der Waals surface area contributed by atoms with E-state index in [2.05, 4.69) is 9.97 Å². The van der Waals surface area contributed by atoms with E-state index in [1.165, 1.54) is 22.2 Å². The topological polar surface area (TPSA) is 71.3 Å². The molecule has 0 aromatic carbocycles. The summed E-state index contributed by atoms with van der Waals surface area (Å²) in [7, 11) is 0. The molecule has 0 spiro atoms. The van der Waals surface area contributed by atoms with Crippen molar-refractivity contribution in [3.8, 4) is 0 Å². The third kappa shape index (κ3) is 3.99. The number of carbonyl (C=O) groups is 1. The summed E-state index contributed by atoms with van der Waals surface area (Å²) in [6, 6.07) is 2.59. The van der Waals surface area contributed by atoms with Crippen LogP contribution in [0.2, 0.25) is 5.02 Å². The Bertz CT molecular complexity index is 1150. The van der Waals surface area contributed by atoms with E-state index in [-0.39, 0.29) is 28.9 Å². The first-order valence-corrected chi connectivity index (χ1v) is 10.2. The van der Waals surface area contributed by atoms with Crippen molar-refractivity contribution in [2.24, 2.45) is 0 Å². The molecule has 3 aromatic heterocycles. The number of anilines is 1. The van der Waals surface area contributed by atoms with Crippen LogP contribution in [-0.4, -0.2) is 51.5 Å². The van der Waals surface area contributed by atoms with Gasteiger partial charge in [0, 0.05) is 32.4 Å². The molecular formula is C18H15ClF3N5O2S. The second kappa shape index (κ2) is 7.88. The fourth-order valence-corrected chi connectivity index (χ4v) is 4.30. The van der Waals surface area contributed by atoms with E-state index >= 15 is 0 Å². The van der Waals surface area contributed by atoms with Crippen LogP contribution in [0.5, 0.6) is 0 Å². The number of nitrogens with zero attached hydrogens (tertiary/aromatic N) is 5. The van der Waals surface area contributed by atoms with Crippen molar-refractivity contribution in [3.63, 3.8) is 0 Å². The molecule has 1 aliphatic heterocycles. The number of rotatable bonds is 3. The first-order chi connectivity index (χ1) is 14.2. The molecule has 7 nitrogen and oxygen atoms in total. The summed E-state index contributed by atoms with van der Waals surface area (Å²) >= 11 is 7.28. The van der Waals surface area contributed by atoms with Gasteiger partial charge in [0.05, 0.1) is 22.4 Å². The molecule has 0 bridgehead atoms. The second-order valence-electron chi connectivity index (χ2n) is 6.71. The number of piperazine rings is 1. The van der Waals surface area contributed by atoms with Crippen molar-refractivity contribution in [2.45, 2.75) is 12.7 Å². The zero-order valence-corrected chi connectivity index (χ0v) is 17.0. The minimum Gasteiger partial charge on any atom is -0.352 e. The highest BCUT2D eigenvalue weighted by Gasteiger charge is 2.32. The fraction of sp³-hybridized carbons (Fsp3) is 0.333. The highest BCUT2D eigenvalue weighted by atomic mass is 35.5. The third-order valence-corrected chi connectivity index (χ3v) is 5.99. The third-order valence-electron chi connectivity index (χ3n) is 4.82. The molecule has 1 saturated heterocycles. The maximum Gasteiger partial charge on any atom is 0.417 e. The monoisotopic (exact) mass is 457 g/mol. The van der Waals surface area contributed by atoms with E-state index in [1.807, 2.05) is 0 Å². The van der Waals surface area contributed by atoms with Crippen LogP contribution in [0.3, 0.4) is 0 Å². The van der Waals surface area contributed by atoms with Gasteiger partial charge in [-0.25, -0.2) is 9.97 Å². The van der Waals surface area contributed by atoms with E-state index in [0.717, 1.165) is 12.3 Å². The van der Waals surface area contributed by atoms with E-state index in [0.29, 0.717) is 36.4 Å². The van der Waals surface area contributed by atoms with E-state index in [1.54, 1.807) is 21.2 Å². The van der Waals surface area contributed by atoms with Crippen molar-refractivity contribution in [1.29, 1.82) is 0 Å². The highest BCUT2D eigenvalue weighted by molar-refractivity contribution is 7.17. The first kappa shape index (κ1) is 20.6. The standard InChI is InChI=1S/C18H15ClF3N5O2S/c19-12-7-11(18(20,21)22)8-23-16(12)26-4-2-25(3-5-26)14(28)9-27-10-24-13-1-6-30-15(13)17(27)29/h1,6-8,10H,2-5,9H2. The van der Waals surface area contributed by atoms with Crippen molar-refractivity contribution in [2.75, 3.05) is 31.1 Å². The normalized spacial score (nSPS) is 15.1. The number of hydrogen-bond acceptors (Lipinski definition) is 6. The van der Waals surface area contributed by atoms with Crippen LogP contribution in [-0.2, 0) is 17.5 Å². The molecule has 1 fully saturated rings. The van der Waals surface area contributed by atoms with Gasteiger partial charge in [-0.15, -0.1) is 11.3 Å². The molecule has 4 heterocycles. The quantitative estimate of drug-likeness (QED) is 0.605. The Hall–Kier alpha value is -2.66. The maximum absolute atomic E-state index is 12.8. The molecule has 0 unspecified atom stereocenters. The molecule has 0 saturated carbocycles. The van der Waals surface area contributed by atoms with E-state index in [4.69, 9.17) is 11.6 Å². The van der Waals surface area contributed by atoms with Gasteiger partial charge >= 0.3 is 6.18 Å². The maximum atomic E-state index is 12.8. The van der Waals surface area contributed by atoms with Crippen molar-refractivity contribution >= 4 is 44.9 Å². The second-order valence-corrected chi connectivity index (χ2v) is 8.03. The molecule has 12 heteroatoms. The van der Waals surface area contributed by atoms with Crippen LogP contribution in [0.15, 0.2) is 34.8 Å². The van der Waals surface area contributed by atoms with Crippen molar-refractivity contribution in [3.05, 3.63) is 51.0 Å². The summed E-state index contributed by atoms with van der Waals surface area (Å²) < 4.78 is 40.1. The summed E-state index contributed by atoms with van der Waals surface area (Å²) in [5, 5.41) is 1.68. The molecule has 1 aliphatic rings. The lowest BCUT2D eigenvalue weighted by Crippen LogP contribution is -2.50. The van der Waals surface area contributed by atoms with E-state index in [9.17, 15) is 22.8 Å². The Labute approximate surface area is 177 Å². The lowest BCUT2D eigenvalue weighted by Gasteiger charge is -2.35. The minimum absolute atomic E-state index is 0.0912. The summed E-state index contributed by atoms with van der Waals surface area (Å²) in [6.45, 7) is 1.27. The lowest BCUT2D eigenvalue weighted by molar-refractivity contribution is -0.138. The number of amides is 1. The van der Waals surface area contributed by atoms with Gasteiger partial charge in [-0.05, 0) is 17.5 Å². The lowest BCUT2D eigenvalue weighted by atomic mass is 10.2. The van der Waals surface area contributed by atoms with Gasteiger partial charge in [-0.2, -0.15) is 13.2 Å². The Balaban J connectivity index is 1.41. The number of pyridine rings is 1. The molecule has 30 heavy (non-hydrogen) atoms. The van der Waals surface area contributed by atoms with E-state index < -0.39 is 11.7 Å². The first-order valence-electron chi connectivity index (χ1n) is 8.92. The van der Waals surface area contributed by atoms with Crippen LogP contribution in [0.25, 0.3) is 10.2 Å². The van der Waals surface area contributed by atoms with Gasteiger partial charge < -0.3 is 9.80 Å². The van der Waals surface area contributed by atoms with Crippen molar-refractivity contribution in [1.82, 2.24) is 19.4 Å². The van der Waals surface area contributed by atoms with Crippen LogP contribution in [0, 0.1) is 0 Å². The summed E-state index contributed by atoms with van der Waals surface area (Å²) in [5.41, 5.74) is -0.571. The zero-order valence-electron chi connectivity index (χ0n) is 15.4. The van der Waals surface area contributed by atoms with Crippen LogP contribution in [0.4, 0.5) is 19.0 Å². The Morgan fingerprint density at radius 1 is 1.20 bits per heavy atom. The van der Waals surface area contributed by atoms with Gasteiger partial charge in [-0.3, -0.25) is 14.2 Å². The van der Waals surface area contributed by atoms with Gasteiger partial charge in [0.2, 0.25) is 5.91 Å². The van der Waals surface area contributed by atoms with Gasteiger partial charge in [0.15, 0.2) is 0 Å². The molecule has 0 aliphatic carbocycles. The molecule has 0 radical (unpaired) electrons. The van der Waals surface area contributed by atoms with Crippen LogP contribution < -0.4 is 10.5 Å². The number of carbonyl (C=O) groups excluding carboxylic acids is 1. The highest BCUT2D eigenvalue weighted by Crippen LogP contribution is 2.33. The molecule has 3 aromatic rings. The summed E-state index contributed by atoms with van der Waals surface area (Å²) in [6.07, 6.45) is -2.41. The Morgan fingerprint density at radius 3 is 2.60 bits per heavy atom. The smallest absolute Gasteiger partial charge is 0.352 e. The number of thiophene rings is 1. The fourth-order valence-electron chi connectivity index (χ4n) is 3.22. The predicted molar refractivity (Wildman–Crippen MR) is 107 cm³/mol. The number of fused-ring (bicyclic) bond motifs is 1. The zero-order chi connectivity index (χ0) is 21.5. The Morgan fingerprint density at radius 2 is 1.93 bits per heavy atom. The SMILES string of the molecule is O=C(Cn1cnc2ccsc2c1=O)N1CCN(c2ncc(C(F)(F)F)cc2Cl)CC1.